The van der Waals surface area contributed by atoms with Crippen molar-refractivity contribution in [3.8, 4) is 0 Å². The molecule has 3 rings (SSSR count). The molecule has 0 radical (unpaired) electrons. The van der Waals surface area contributed by atoms with E-state index in [0.29, 0.717) is 11.9 Å². The summed E-state index contributed by atoms with van der Waals surface area (Å²) in [5.74, 6) is 0.682. The molecule has 0 aliphatic carbocycles. The molecule has 5 nitrogen and oxygen atoms in total. The minimum atomic E-state index is -0.0683. The van der Waals surface area contributed by atoms with Crippen LogP contribution in [0.5, 0.6) is 0 Å². The molecule has 1 aliphatic heterocycles. The Morgan fingerprint density at radius 1 is 1.29 bits per heavy atom. The number of likely N-dealkylation sites (tertiary alicyclic amines) is 1. The van der Waals surface area contributed by atoms with Gasteiger partial charge in [0, 0.05) is 25.2 Å². The summed E-state index contributed by atoms with van der Waals surface area (Å²) in [7, 11) is 4.17. The highest BCUT2D eigenvalue weighted by molar-refractivity contribution is 5.26. The molecular formula is C19H26N4O. The first-order valence-corrected chi connectivity index (χ1v) is 8.56. The van der Waals surface area contributed by atoms with Crippen molar-refractivity contribution in [1.29, 1.82) is 0 Å². The molecule has 0 saturated carbocycles. The molecule has 2 heterocycles. The second-order valence-corrected chi connectivity index (χ2v) is 6.93. The van der Waals surface area contributed by atoms with Gasteiger partial charge in [-0.1, -0.05) is 24.3 Å². The molecule has 1 N–H and O–H groups in total. The van der Waals surface area contributed by atoms with Crippen LogP contribution in [0.15, 0.2) is 35.1 Å². The van der Waals surface area contributed by atoms with Crippen molar-refractivity contribution < 1.29 is 0 Å². The van der Waals surface area contributed by atoms with Gasteiger partial charge in [-0.25, -0.2) is 4.98 Å². The van der Waals surface area contributed by atoms with Crippen LogP contribution in [-0.4, -0.2) is 40.4 Å². The van der Waals surface area contributed by atoms with Crippen LogP contribution in [0.1, 0.15) is 41.5 Å². The Bertz CT molecular complexity index is 736. The summed E-state index contributed by atoms with van der Waals surface area (Å²) in [6.07, 6.45) is 2.35. The summed E-state index contributed by atoms with van der Waals surface area (Å²) in [6.45, 7) is 4.58. The maximum Gasteiger partial charge on any atom is 0.251 e. The first-order chi connectivity index (χ1) is 11.5. The highest BCUT2D eigenvalue weighted by Crippen LogP contribution is 2.33. The summed E-state index contributed by atoms with van der Waals surface area (Å²) in [6, 6.07) is 11.0. The molecule has 2 aromatic rings. The van der Waals surface area contributed by atoms with Crippen LogP contribution >= 0.6 is 0 Å². The van der Waals surface area contributed by atoms with Gasteiger partial charge in [-0.3, -0.25) is 9.69 Å². The van der Waals surface area contributed by atoms with Gasteiger partial charge in [0.05, 0.1) is 5.69 Å². The molecule has 1 saturated heterocycles. The number of aromatic amines is 1. The topological polar surface area (TPSA) is 52.2 Å². The molecule has 128 valence electrons. The number of rotatable bonds is 5. The molecule has 1 atom stereocenters. The zero-order valence-corrected chi connectivity index (χ0v) is 14.7. The van der Waals surface area contributed by atoms with Crippen molar-refractivity contribution in [2.45, 2.75) is 38.9 Å². The number of hydrogen-bond donors (Lipinski definition) is 1. The van der Waals surface area contributed by atoms with Crippen LogP contribution in [0, 0.1) is 6.92 Å². The van der Waals surface area contributed by atoms with E-state index in [4.69, 9.17) is 0 Å². The number of aromatic nitrogens is 2. The second-order valence-electron chi connectivity index (χ2n) is 6.93. The smallest absolute Gasteiger partial charge is 0.251 e. The van der Waals surface area contributed by atoms with Gasteiger partial charge >= 0.3 is 0 Å². The van der Waals surface area contributed by atoms with Gasteiger partial charge in [0.2, 0.25) is 0 Å². The van der Waals surface area contributed by atoms with E-state index in [2.05, 4.69) is 58.1 Å². The number of nitrogens with zero attached hydrogens (tertiary/aromatic N) is 3. The summed E-state index contributed by atoms with van der Waals surface area (Å²) in [4.78, 5) is 23.4. The lowest BCUT2D eigenvalue weighted by Gasteiger charge is -2.24. The van der Waals surface area contributed by atoms with E-state index in [1.54, 1.807) is 6.07 Å². The molecule has 24 heavy (non-hydrogen) atoms. The van der Waals surface area contributed by atoms with Gasteiger partial charge in [0.15, 0.2) is 0 Å². The number of aryl methyl sites for hydroxylation is 1. The van der Waals surface area contributed by atoms with E-state index >= 15 is 0 Å². The highest BCUT2D eigenvalue weighted by Gasteiger charge is 2.26. The summed E-state index contributed by atoms with van der Waals surface area (Å²) in [5, 5.41) is 0. The number of hydrogen-bond acceptors (Lipinski definition) is 4. The number of benzene rings is 1. The van der Waals surface area contributed by atoms with E-state index < -0.39 is 0 Å². The van der Waals surface area contributed by atoms with Gasteiger partial charge < -0.3 is 9.88 Å². The van der Waals surface area contributed by atoms with Gasteiger partial charge in [-0.15, -0.1) is 0 Å². The Labute approximate surface area is 143 Å². The fraction of sp³-hybridized carbons (Fsp3) is 0.474. The van der Waals surface area contributed by atoms with E-state index in [0.717, 1.165) is 31.7 Å². The molecular weight excluding hydrogens is 300 g/mol. The number of nitrogens with one attached hydrogen (secondary N) is 1. The van der Waals surface area contributed by atoms with Crippen molar-refractivity contribution in [2.24, 2.45) is 0 Å². The van der Waals surface area contributed by atoms with Crippen LogP contribution in [0.4, 0.5) is 0 Å². The predicted octanol–water partition coefficient (Wildman–Crippen LogP) is 2.48. The SMILES string of the molecule is Cc1nc(CN2CCCC2c2ccc(CN(C)C)cc2)cc(=O)[nH]1. The van der Waals surface area contributed by atoms with E-state index in [9.17, 15) is 4.79 Å². The molecule has 0 amide bonds. The Morgan fingerprint density at radius 3 is 2.71 bits per heavy atom. The van der Waals surface area contributed by atoms with E-state index in [1.165, 1.54) is 17.5 Å². The molecule has 0 bridgehead atoms. The Morgan fingerprint density at radius 2 is 2.04 bits per heavy atom. The van der Waals surface area contributed by atoms with Gasteiger partial charge in [-0.05, 0) is 51.5 Å². The average molecular weight is 326 g/mol. The predicted molar refractivity (Wildman–Crippen MR) is 95.8 cm³/mol. The zero-order valence-electron chi connectivity index (χ0n) is 14.7. The van der Waals surface area contributed by atoms with E-state index in [1.807, 2.05) is 6.92 Å². The third-order valence-corrected chi connectivity index (χ3v) is 4.51. The minimum Gasteiger partial charge on any atom is -0.311 e. The molecule has 1 unspecified atom stereocenters. The highest BCUT2D eigenvalue weighted by atomic mass is 16.1. The first kappa shape index (κ1) is 16.9. The average Bonchev–Trinajstić information content (AvgIpc) is 2.94. The van der Waals surface area contributed by atoms with Crippen molar-refractivity contribution in [3.05, 3.63) is 63.3 Å². The van der Waals surface area contributed by atoms with Crippen LogP contribution in [-0.2, 0) is 13.1 Å². The molecule has 0 spiro atoms. The standard InChI is InChI=1S/C19H26N4O/c1-14-20-17(11-19(24)21-14)13-23-10-4-5-18(23)16-8-6-15(7-9-16)12-22(2)3/h6-9,11,18H,4-5,10,12-13H2,1-3H3,(H,20,21,24). The van der Waals surface area contributed by atoms with Crippen LogP contribution < -0.4 is 5.56 Å². The maximum atomic E-state index is 11.6. The fourth-order valence-electron chi connectivity index (χ4n) is 3.53. The minimum absolute atomic E-state index is 0.0683. The molecule has 1 aliphatic rings. The lowest BCUT2D eigenvalue weighted by molar-refractivity contribution is 0.245. The molecule has 1 fully saturated rings. The maximum absolute atomic E-state index is 11.6. The Balaban J connectivity index is 1.74. The van der Waals surface area contributed by atoms with Crippen molar-refractivity contribution in [3.63, 3.8) is 0 Å². The summed E-state index contributed by atoms with van der Waals surface area (Å²) < 4.78 is 0. The van der Waals surface area contributed by atoms with Gasteiger partial charge in [-0.2, -0.15) is 0 Å². The van der Waals surface area contributed by atoms with Crippen molar-refractivity contribution in [1.82, 2.24) is 19.8 Å². The van der Waals surface area contributed by atoms with Crippen molar-refractivity contribution in [2.75, 3.05) is 20.6 Å². The van der Waals surface area contributed by atoms with Crippen molar-refractivity contribution >= 4 is 0 Å². The van der Waals surface area contributed by atoms with Crippen LogP contribution in [0.25, 0.3) is 0 Å². The quantitative estimate of drug-likeness (QED) is 0.917. The van der Waals surface area contributed by atoms with Gasteiger partial charge in [0.1, 0.15) is 5.82 Å². The van der Waals surface area contributed by atoms with Crippen LogP contribution in [0.3, 0.4) is 0 Å². The normalized spacial score (nSPS) is 18.4. The third kappa shape index (κ3) is 4.10. The lowest BCUT2D eigenvalue weighted by atomic mass is 10.0. The monoisotopic (exact) mass is 326 g/mol. The lowest BCUT2D eigenvalue weighted by Crippen LogP contribution is -2.25. The van der Waals surface area contributed by atoms with Gasteiger partial charge in [0.25, 0.3) is 5.56 Å². The van der Waals surface area contributed by atoms with Crippen LogP contribution in [0.2, 0.25) is 0 Å². The summed E-state index contributed by atoms with van der Waals surface area (Å²) in [5.41, 5.74) is 3.48. The fourth-order valence-corrected chi connectivity index (χ4v) is 3.53. The largest absolute Gasteiger partial charge is 0.311 e. The Kier molecular flexibility index (Phi) is 5.11. The Hall–Kier alpha value is -1.98. The second kappa shape index (κ2) is 7.28. The summed E-state index contributed by atoms with van der Waals surface area (Å²) >= 11 is 0. The zero-order chi connectivity index (χ0) is 17.1. The first-order valence-electron chi connectivity index (χ1n) is 8.56. The number of H-pyrrole nitrogens is 1. The molecule has 5 heteroatoms. The van der Waals surface area contributed by atoms with E-state index in [-0.39, 0.29) is 5.56 Å². The molecule has 1 aromatic carbocycles. The third-order valence-electron chi connectivity index (χ3n) is 4.51. The molecule has 1 aromatic heterocycles.